The van der Waals surface area contributed by atoms with Gasteiger partial charge in [-0.25, -0.2) is 0 Å². The van der Waals surface area contributed by atoms with E-state index < -0.39 is 5.41 Å². The summed E-state index contributed by atoms with van der Waals surface area (Å²) in [7, 11) is 0. The lowest BCUT2D eigenvalue weighted by Gasteiger charge is -2.67. The molecular weight excluding hydrogens is 472 g/mol. The number of carbonyl (C=O) groups excluding carboxylic acids is 4. The molecule has 212 valence electrons. The molecule has 2 unspecified atom stereocenters. The van der Waals surface area contributed by atoms with Crippen molar-refractivity contribution < 1.29 is 19.2 Å². The maximum absolute atomic E-state index is 14.5. The summed E-state index contributed by atoms with van der Waals surface area (Å²) >= 11 is 0. The molecule has 0 bridgehead atoms. The van der Waals surface area contributed by atoms with E-state index in [-0.39, 0.29) is 56.4 Å². The first-order chi connectivity index (χ1) is 17.3. The van der Waals surface area contributed by atoms with Gasteiger partial charge in [0.1, 0.15) is 17.9 Å². The van der Waals surface area contributed by atoms with Gasteiger partial charge in [-0.2, -0.15) is 0 Å². The van der Waals surface area contributed by atoms with E-state index in [1.54, 1.807) is 6.92 Å². The lowest BCUT2D eigenvalue weighted by molar-refractivity contribution is -0.160. The zero-order valence-corrected chi connectivity index (χ0v) is 26.0. The SMILES string of the molecule is CC1C[C@@]2(C)C(C)(C)C(=O)CC[C@]2(C)C2=C1[C@]1(C)[C@@H](C)C[C@](C)(C(C)CC(=O)C[C@@H](C)C=O)[C@@]1(C)CC2=O. The third-order valence-corrected chi connectivity index (χ3v) is 14.1. The van der Waals surface area contributed by atoms with E-state index in [4.69, 9.17) is 0 Å². The number of carbonyl (C=O) groups is 4. The van der Waals surface area contributed by atoms with Crippen LogP contribution in [0.1, 0.15) is 121 Å². The average molecular weight is 525 g/mol. The van der Waals surface area contributed by atoms with Crippen LogP contribution in [-0.4, -0.2) is 23.6 Å². The molecule has 0 aliphatic heterocycles. The first kappa shape index (κ1) is 29.4. The Balaban J connectivity index is 1.85. The fourth-order valence-electron chi connectivity index (χ4n) is 10.7. The molecule has 0 aromatic rings. The van der Waals surface area contributed by atoms with Crippen LogP contribution >= 0.6 is 0 Å². The predicted molar refractivity (Wildman–Crippen MR) is 151 cm³/mol. The zero-order valence-electron chi connectivity index (χ0n) is 26.0. The Morgan fingerprint density at radius 3 is 2.13 bits per heavy atom. The van der Waals surface area contributed by atoms with Crippen molar-refractivity contribution in [1.29, 1.82) is 0 Å². The molecule has 0 saturated heterocycles. The number of allylic oxidation sites excluding steroid dienone is 2. The van der Waals surface area contributed by atoms with Crippen molar-refractivity contribution in [3.8, 4) is 0 Å². The van der Waals surface area contributed by atoms with Crippen LogP contribution in [0.3, 0.4) is 0 Å². The largest absolute Gasteiger partial charge is 0.303 e. The molecule has 4 aliphatic rings. The number of fused-ring (bicyclic) bond motifs is 4. The second kappa shape index (κ2) is 8.71. The van der Waals surface area contributed by atoms with Crippen molar-refractivity contribution in [1.82, 2.24) is 0 Å². The van der Waals surface area contributed by atoms with Gasteiger partial charge in [0.25, 0.3) is 0 Å². The molecule has 4 nitrogen and oxygen atoms in total. The Morgan fingerprint density at radius 2 is 1.55 bits per heavy atom. The molecule has 4 aliphatic carbocycles. The second-order valence-electron chi connectivity index (χ2n) is 15.7. The van der Waals surface area contributed by atoms with E-state index in [2.05, 4.69) is 69.2 Å². The van der Waals surface area contributed by atoms with Crippen LogP contribution in [-0.2, 0) is 19.2 Å². The van der Waals surface area contributed by atoms with Gasteiger partial charge in [-0.15, -0.1) is 0 Å². The number of Topliss-reactive ketones (excluding diaryl/α,β-unsaturated/α-hetero) is 3. The van der Waals surface area contributed by atoms with Gasteiger partial charge >= 0.3 is 0 Å². The van der Waals surface area contributed by atoms with E-state index in [0.717, 1.165) is 31.1 Å². The fourth-order valence-corrected chi connectivity index (χ4v) is 10.7. The minimum Gasteiger partial charge on any atom is -0.303 e. The summed E-state index contributed by atoms with van der Waals surface area (Å²) in [6.07, 6.45) is 5.30. The van der Waals surface area contributed by atoms with E-state index in [1.807, 2.05) is 0 Å². The molecule has 2 saturated carbocycles. The molecule has 0 aromatic heterocycles. The maximum Gasteiger partial charge on any atom is 0.160 e. The van der Waals surface area contributed by atoms with E-state index in [9.17, 15) is 19.2 Å². The Labute approximate surface area is 231 Å². The smallest absolute Gasteiger partial charge is 0.160 e. The van der Waals surface area contributed by atoms with E-state index >= 15 is 0 Å². The topological polar surface area (TPSA) is 68.3 Å². The number of rotatable bonds is 6. The molecule has 38 heavy (non-hydrogen) atoms. The highest BCUT2D eigenvalue weighted by Gasteiger charge is 2.73. The summed E-state index contributed by atoms with van der Waals surface area (Å²) < 4.78 is 0. The molecule has 0 N–H and O–H groups in total. The molecule has 4 rings (SSSR count). The van der Waals surface area contributed by atoms with Crippen LogP contribution in [0.15, 0.2) is 11.1 Å². The molecule has 0 spiro atoms. The Hall–Kier alpha value is -1.58. The monoisotopic (exact) mass is 524 g/mol. The first-order valence-corrected chi connectivity index (χ1v) is 15.1. The summed E-state index contributed by atoms with van der Waals surface area (Å²) in [5.74, 6) is 1.21. The van der Waals surface area contributed by atoms with Gasteiger partial charge < -0.3 is 4.79 Å². The standard InChI is InChI=1S/C34H52O4/c1-20(19-35)14-24(36)15-22(3)31(8)17-23(4)34(11)27-21(2)16-32(9)29(5,6)26(38)12-13-30(32,7)28(27)25(37)18-33(31,34)10/h19-23H,12-18H2,1-11H3/t20-,21?,22?,23+,30-,31-,32+,33-,34+/m1/s1. The van der Waals surface area contributed by atoms with Crippen molar-refractivity contribution >= 4 is 23.6 Å². The number of hydrogen-bond acceptors (Lipinski definition) is 4. The van der Waals surface area contributed by atoms with Crippen LogP contribution in [0.25, 0.3) is 0 Å². The van der Waals surface area contributed by atoms with Gasteiger partial charge in [0.15, 0.2) is 5.78 Å². The molecule has 0 heterocycles. The second-order valence-corrected chi connectivity index (χ2v) is 15.7. The molecular formula is C34H52O4. The Morgan fingerprint density at radius 1 is 0.947 bits per heavy atom. The molecule has 0 aromatic carbocycles. The zero-order chi connectivity index (χ0) is 28.9. The Kier molecular flexibility index (Phi) is 6.74. The minimum absolute atomic E-state index is 0.115. The highest BCUT2D eigenvalue weighted by molar-refractivity contribution is 6.01. The van der Waals surface area contributed by atoms with Crippen LogP contribution < -0.4 is 0 Å². The molecule has 9 atom stereocenters. The van der Waals surface area contributed by atoms with Crippen molar-refractivity contribution in [3.05, 3.63) is 11.1 Å². The minimum atomic E-state index is -0.474. The molecule has 2 fully saturated rings. The summed E-state index contributed by atoms with van der Waals surface area (Å²) in [4.78, 5) is 51.9. The van der Waals surface area contributed by atoms with Crippen LogP contribution in [0.4, 0.5) is 0 Å². The van der Waals surface area contributed by atoms with Gasteiger partial charge in [-0.05, 0) is 58.7 Å². The Bertz CT molecular complexity index is 1110. The molecule has 0 radical (unpaired) electrons. The van der Waals surface area contributed by atoms with Gasteiger partial charge in [0.2, 0.25) is 0 Å². The maximum atomic E-state index is 14.5. The van der Waals surface area contributed by atoms with Crippen molar-refractivity contribution in [2.24, 2.45) is 56.2 Å². The highest BCUT2D eigenvalue weighted by Crippen LogP contribution is 2.79. The summed E-state index contributed by atoms with van der Waals surface area (Å²) in [5.41, 5.74) is 0.741. The number of ketones is 3. The fraction of sp³-hybridized carbons (Fsp3) is 0.824. The van der Waals surface area contributed by atoms with Crippen molar-refractivity contribution in [2.75, 3.05) is 0 Å². The van der Waals surface area contributed by atoms with Crippen molar-refractivity contribution in [2.45, 2.75) is 121 Å². The van der Waals surface area contributed by atoms with Crippen molar-refractivity contribution in [3.63, 3.8) is 0 Å². The van der Waals surface area contributed by atoms with Crippen LogP contribution in [0, 0.1) is 56.2 Å². The van der Waals surface area contributed by atoms with Gasteiger partial charge in [0.05, 0.1) is 0 Å². The summed E-state index contributed by atoms with van der Waals surface area (Å²) in [6.45, 7) is 24.6. The lowest BCUT2D eigenvalue weighted by Crippen LogP contribution is -2.63. The van der Waals surface area contributed by atoms with E-state index in [1.165, 1.54) is 5.57 Å². The summed E-state index contributed by atoms with van der Waals surface area (Å²) in [5, 5.41) is 0. The van der Waals surface area contributed by atoms with Crippen LogP contribution in [0.5, 0.6) is 0 Å². The predicted octanol–water partition coefficient (Wildman–Crippen LogP) is 7.58. The number of hydrogen-bond donors (Lipinski definition) is 0. The van der Waals surface area contributed by atoms with Gasteiger partial charge in [0, 0.05) is 48.0 Å². The van der Waals surface area contributed by atoms with E-state index in [0.29, 0.717) is 37.4 Å². The quantitative estimate of drug-likeness (QED) is 0.336. The van der Waals surface area contributed by atoms with Crippen LogP contribution in [0.2, 0.25) is 0 Å². The normalized spacial score (nSPS) is 45.7. The highest BCUT2D eigenvalue weighted by atomic mass is 16.1. The third kappa shape index (κ3) is 3.33. The van der Waals surface area contributed by atoms with Gasteiger partial charge in [-0.3, -0.25) is 14.4 Å². The molecule has 4 heteroatoms. The average Bonchev–Trinajstić information content (AvgIpc) is 2.96. The van der Waals surface area contributed by atoms with Gasteiger partial charge in [-0.1, -0.05) is 81.7 Å². The lowest BCUT2D eigenvalue weighted by atomic mass is 9.35. The first-order valence-electron chi connectivity index (χ1n) is 15.1. The summed E-state index contributed by atoms with van der Waals surface area (Å²) in [6, 6.07) is 0. The molecule has 0 amide bonds. The third-order valence-electron chi connectivity index (χ3n) is 14.1. The number of aldehydes is 1.